The lowest BCUT2D eigenvalue weighted by Crippen LogP contribution is -2.47. The molecule has 2 bridgehead atoms. The molecule has 1 aromatic carbocycles. The highest BCUT2D eigenvalue weighted by atomic mass is 19.1. The molecule has 2 aliphatic heterocycles. The molecule has 0 saturated carbocycles. The van der Waals surface area contributed by atoms with Crippen LogP contribution in [0, 0.1) is 5.82 Å². The molecule has 3 heteroatoms. The van der Waals surface area contributed by atoms with Gasteiger partial charge in [-0.2, -0.15) is 0 Å². The van der Waals surface area contributed by atoms with Crippen LogP contribution in [0.4, 0.5) is 4.39 Å². The molecule has 0 spiro atoms. The predicted octanol–water partition coefficient (Wildman–Crippen LogP) is 3.10. The quantitative estimate of drug-likeness (QED) is 0.900. The van der Waals surface area contributed by atoms with E-state index in [1.165, 1.54) is 31.7 Å². The summed E-state index contributed by atoms with van der Waals surface area (Å²) in [6, 6.07) is 9.24. The third-order valence-electron chi connectivity index (χ3n) is 4.93. The Kier molecular flexibility index (Phi) is 3.59. The summed E-state index contributed by atoms with van der Waals surface area (Å²) in [6.45, 7) is 2.13. The molecule has 104 valence electrons. The molecule has 2 aliphatic rings. The number of nitrogens with zero attached hydrogens (tertiary/aromatic N) is 1. The summed E-state index contributed by atoms with van der Waals surface area (Å²) in [7, 11) is 2.26. The smallest absolute Gasteiger partial charge is 0.123 e. The summed E-state index contributed by atoms with van der Waals surface area (Å²) in [4.78, 5) is 2.55. The lowest BCUT2D eigenvalue weighted by molar-refractivity contribution is 0.144. The highest BCUT2D eigenvalue weighted by Gasteiger charge is 2.38. The summed E-state index contributed by atoms with van der Waals surface area (Å²) in [5.41, 5.74) is 1.05. The minimum absolute atomic E-state index is 0.144. The molecule has 2 fully saturated rings. The fourth-order valence-electron chi connectivity index (χ4n) is 3.77. The predicted molar refractivity (Wildman–Crippen MR) is 75.5 cm³/mol. The Balaban J connectivity index is 1.63. The molecule has 0 radical (unpaired) electrons. The van der Waals surface area contributed by atoms with Gasteiger partial charge in [0.25, 0.3) is 0 Å². The van der Waals surface area contributed by atoms with Crippen LogP contribution >= 0.6 is 0 Å². The Bertz CT molecular complexity index is 434. The van der Waals surface area contributed by atoms with Gasteiger partial charge in [0.1, 0.15) is 5.82 Å². The molecule has 3 atom stereocenters. The van der Waals surface area contributed by atoms with Gasteiger partial charge in [0, 0.05) is 24.2 Å². The van der Waals surface area contributed by atoms with E-state index in [1.807, 2.05) is 6.07 Å². The number of benzene rings is 1. The molecule has 2 heterocycles. The first-order valence-electron chi connectivity index (χ1n) is 7.37. The van der Waals surface area contributed by atoms with E-state index < -0.39 is 0 Å². The number of nitrogens with one attached hydrogen (secondary N) is 1. The molecule has 0 aromatic heterocycles. The van der Waals surface area contributed by atoms with Gasteiger partial charge in [0.05, 0.1) is 0 Å². The zero-order valence-electron chi connectivity index (χ0n) is 11.8. The molecule has 3 unspecified atom stereocenters. The van der Waals surface area contributed by atoms with E-state index in [4.69, 9.17) is 0 Å². The van der Waals surface area contributed by atoms with Crippen molar-refractivity contribution in [3.8, 4) is 0 Å². The number of hydrogen-bond acceptors (Lipinski definition) is 2. The second-order valence-corrected chi connectivity index (χ2v) is 6.16. The number of fused-ring (bicyclic) bond motifs is 2. The first kappa shape index (κ1) is 13.1. The third-order valence-corrected chi connectivity index (χ3v) is 4.93. The number of rotatable bonds is 3. The SMILES string of the molecule is CC(NC1CC2CCC(C1)N2C)c1cccc(F)c1. The fourth-order valence-corrected chi connectivity index (χ4v) is 3.77. The molecule has 0 aliphatic carbocycles. The van der Waals surface area contributed by atoms with E-state index in [-0.39, 0.29) is 11.9 Å². The lowest BCUT2D eigenvalue weighted by Gasteiger charge is -2.38. The van der Waals surface area contributed by atoms with Crippen molar-refractivity contribution in [2.45, 2.75) is 56.8 Å². The molecule has 3 rings (SSSR count). The molecule has 0 amide bonds. The van der Waals surface area contributed by atoms with Crippen molar-refractivity contribution in [3.63, 3.8) is 0 Å². The zero-order valence-corrected chi connectivity index (χ0v) is 11.8. The van der Waals surface area contributed by atoms with Gasteiger partial charge >= 0.3 is 0 Å². The van der Waals surface area contributed by atoms with Crippen molar-refractivity contribution in [1.29, 1.82) is 0 Å². The molecule has 2 saturated heterocycles. The van der Waals surface area contributed by atoms with Crippen molar-refractivity contribution in [2.24, 2.45) is 0 Å². The maximum Gasteiger partial charge on any atom is 0.123 e. The highest BCUT2D eigenvalue weighted by molar-refractivity contribution is 5.19. The molecule has 19 heavy (non-hydrogen) atoms. The maximum atomic E-state index is 13.3. The van der Waals surface area contributed by atoms with Crippen LogP contribution in [0.2, 0.25) is 0 Å². The van der Waals surface area contributed by atoms with Crippen LogP contribution in [0.25, 0.3) is 0 Å². The Morgan fingerprint density at radius 2 is 1.95 bits per heavy atom. The first-order valence-corrected chi connectivity index (χ1v) is 7.37. The highest BCUT2D eigenvalue weighted by Crippen LogP contribution is 2.35. The van der Waals surface area contributed by atoms with Gasteiger partial charge in [-0.1, -0.05) is 12.1 Å². The van der Waals surface area contributed by atoms with Crippen molar-refractivity contribution < 1.29 is 4.39 Å². The summed E-state index contributed by atoms with van der Waals surface area (Å²) in [6.07, 6.45) is 5.14. The summed E-state index contributed by atoms with van der Waals surface area (Å²) in [5.74, 6) is -0.144. The Morgan fingerprint density at radius 3 is 2.58 bits per heavy atom. The van der Waals surface area contributed by atoms with Crippen LogP contribution in [-0.4, -0.2) is 30.1 Å². The van der Waals surface area contributed by atoms with E-state index in [2.05, 4.69) is 24.2 Å². The van der Waals surface area contributed by atoms with Gasteiger partial charge in [-0.25, -0.2) is 4.39 Å². The zero-order chi connectivity index (χ0) is 13.4. The second kappa shape index (κ2) is 5.22. The monoisotopic (exact) mass is 262 g/mol. The largest absolute Gasteiger partial charge is 0.307 e. The van der Waals surface area contributed by atoms with Crippen molar-refractivity contribution in [1.82, 2.24) is 10.2 Å². The van der Waals surface area contributed by atoms with Crippen LogP contribution in [0.1, 0.15) is 44.2 Å². The lowest BCUT2D eigenvalue weighted by atomic mass is 9.96. The van der Waals surface area contributed by atoms with Crippen molar-refractivity contribution in [2.75, 3.05) is 7.05 Å². The normalized spacial score (nSPS) is 32.5. The third kappa shape index (κ3) is 2.67. The van der Waals surface area contributed by atoms with Gasteiger partial charge < -0.3 is 10.2 Å². The van der Waals surface area contributed by atoms with Gasteiger partial charge in [-0.15, -0.1) is 0 Å². The van der Waals surface area contributed by atoms with E-state index in [1.54, 1.807) is 12.1 Å². The summed E-state index contributed by atoms with van der Waals surface area (Å²) >= 11 is 0. The number of halogens is 1. The molecular formula is C16H23FN2. The van der Waals surface area contributed by atoms with E-state index in [0.29, 0.717) is 6.04 Å². The van der Waals surface area contributed by atoms with Gasteiger partial charge in [-0.05, 0) is 57.4 Å². The molecule has 1 N–H and O–H groups in total. The Hall–Kier alpha value is -0.930. The van der Waals surface area contributed by atoms with Gasteiger partial charge in [0.2, 0.25) is 0 Å². The van der Waals surface area contributed by atoms with E-state index in [0.717, 1.165) is 17.6 Å². The molecular weight excluding hydrogens is 239 g/mol. The standard InChI is InChI=1S/C16H23FN2/c1-11(12-4-3-5-13(17)8-12)18-14-9-15-6-7-16(10-14)19(15)2/h3-5,8,11,14-16,18H,6-7,9-10H2,1-2H3. The van der Waals surface area contributed by atoms with Crippen LogP contribution in [0.3, 0.4) is 0 Å². The first-order chi connectivity index (χ1) is 9.13. The van der Waals surface area contributed by atoms with E-state index in [9.17, 15) is 4.39 Å². The summed E-state index contributed by atoms with van der Waals surface area (Å²) in [5, 5.41) is 3.69. The Labute approximate surface area is 115 Å². The summed E-state index contributed by atoms with van der Waals surface area (Å²) < 4.78 is 13.3. The van der Waals surface area contributed by atoms with Crippen LogP contribution in [-0.2, 0) is 0 Å². The topological polar surface area (TPSA) is 15.3 Å². The Morgan fingerprint density at radius 1 is 1.26 bits per heavy atom. The van der Waals surface area contributed by atoms with E-state index >= 15 is 0 Å². The van der Waals surface area contributed by atoms with Crippen molar-refractivity contribution >= 4 is 0 Å². The van der Waals surface area contributed by atoms with Crippen molar-refractivity contribution in [3.05, 3.63) is 35.6 Å². The van der Waals surface area contributed by atoms with Crippen LogP contribution in [0.15, 0.2) is 24.3 Å². The van der Waals surface area contributed by atoms with Crippen LogP contribution in [0.5, 0.6) is 0 Å². The number of piperidine rings is 1. The number of hydrogen-bond donors (Lipinski definition) is 1. The molecule has 1 aromatic rings. The maximum absolute atomic E-state index is 13.3. The fraction of sp³-hybridized carbons (Fsp3) is 0.625. The minimum atomic E-state index is -0.144. The molecule has 2 nitrogen and oxygen atoms in total. The average Bonchev–Trinajstić information content (AvgIpc) is 2.62. The van der Waals surface area contributed by atoms with Gasteiger partial charge in [0.15, 0.2) is 0 Å². The second-order valence-electron chi connectivity index (χ2n) is 6.16. The average molecular weight is 262 g/mol. The minimum Gasteiger partial charge on any atom is -0.307 e. The van der Waals surface area contributed by atoms with Crippen LogP contribution < -0.4 is 5.32 Å². The van der Waals surface area contributed by atoms with Gasteiger partial charge in [-0.3, -0.25) is 0 Å².